The molecule has 50 heavy (non-hydrogen) atoms. The predicted molar refractivity (Wildman–Crippen MR) is 172 cm³/mol. The number of pyridine rings is 1. The van der Waals surface area contributed by atoms with Gasteiger partial charge in [-0.15, -0.1) is 5.10 Å². The highest BCUT2D eigenvalue weighted by Gasteiger charge is 2.43. The molecule has 2 saturated heterocycles. The Balaban J connectivity index is 1.03. The second-order valence-corrected chi connectivity index (χ2v) is 13.2. The summed E-state index contributed by atoms with van der Waals surface area (Å²) in [4.78, 5) is 68.4. The molecule has 1 aliphatic carbocycles. The molecule has 1 saturated carbocycles. The molecular weight excluding hydrogens is 656 g/mol. The molecular formula is C34H31F2N7O7. The van der Waals surface area contributed by atoms with Gasteiger partial charge >= 0.3 is 5.97 Å². The van der Waals surface area contributed by atoms with Crippen LogP contribution in [0.2, 0.25) is 0 Å². The fraction of sp³-hybridized carbons (Fsp3) is 0.382. The topological polar surface area (TPSA) is 160 Å². The SMILES string of the molecule is COc1c(N2C[C@H]3CCCN(C(=O)Cn4cc(CN5C(=O)C(=O)c6ccc(F)cc65)nn4)[C@H]3C2)c(F)cc2c(=O)c(C(=O)O)cn(C3CC3)c12. The zero-order chi connectivity index (χ0) is 35.0. The molecule has 0 radical (unpaired) electrons. The third-order valence-corrected chi connectivity index (χ3v) is 10.1. The van der Waals surface area contributed by atoms with Crippen molar-refractivity contribution in [3.05, 3.63) is 75.3 Å². The molecule has 1 N–H and O–H groups in total. The Morgan fingerprint density at radius 3 is 2.60 bits per heavy atom. The van der Waals surface area contributed by atoms with Gasteiger partial charge in [-0.25, -0.2) is 18.3 Å². The number of anilines is 2. The van der Waals surface area contributed by atoms with Crippen LogP contribution in [0.5, 0.6) is 5.75 Å². The maximum absolute atomic E-state index is 16.0. The molecule has 2 atom stereocenters. The lowest BCUT2D eigenvalue weighted by Gasteiger charge is -2.36. The van der Waals surface area contributed by atoms with Crippen LogP contribution < -0.4 is 20.0 Å². The minimum atomic E-state index is -1.38. The van der Waals surface area contributed by atoms with Crippen LogP contribution in [0.15, 0.2) is 41.5 Å². The summed E-state index contributed by atoms with van der Waals surface area (Å²) in [5, 5.41) is 17.7. The van der Waals surface area contributed by atoms with E-state index in [0.717, 1.165) is 48.8 Å². The van der Waals surface area contributed by atoms with Crippen molar-refractivity contribution in [2.24, 2.45) is 5.92 Å². The highest BCUT2D eigenvalue weighted by Crippen LogP contribution is 2.45. The minimum absolute atomic E-state index is 0.0259. The van der Waals surface area contributed by atoms with Gasteiger partial charge in [-0.05, 0) is 55.9 Å². The number of benzene rings is 2. The maximum Gasteiger partial charge on any atom is 0.341 e. The van der Waals surface area contributed by atoms with E-state index in [9.17, 15) is 33.5 Å². The molecule has 2 aromatic carbocycles. The molecule has 0 bridgehead atoms. The fourth-order valence-electron chi connectivity index (χ4n) is 7.70. The highest BCUT2D eigenvalue weighted by molar-refractivity contribution is 6.52. The Bertz CT molecular complexity index is 2200. The van der Waals surface area contributed by atoms with Crippen LogP contribution in [0.4, 0.5) is 20.2 Å². The van der Waals surface area contributed by atoms with Gasteiger partial charge in [0.05, 0.1) is 48.0 Å². The highest BCUT2D eigenvalue weighted by atomic mass is 19.1. The lowest BCUT2D eigenvalue weighted by molar-refractivity contribution is -0.136. The molecule has 8 rings (SSSR count). The average molecular weight is 688 g/mol. The zero-order valence-corrected chi connectivity index (χ0v) is 26.8. The standard InChI is InChI=1S/C34H31F2N7O7/c1-50-32-28-22(30(45)23(34(48)49)14-42(28)20-5-6-20)10-24(36)29(32)39-11-17-3-2-8-41(26(17)15-39)27(44)16-40-12-19(37-38-40)13-43-25-9-18(35)4-7-21(25)31(46)33(43)47/h4,7,9-10,12,14,17,20,26H,2-3,5-6,8,11,13,15-16H2,1H3,(H,48,49)/t17-,26+/m1/s1. The van der Waals surface area contributed by atoms with Crippen molar-refractivity contribution in [2.45, 2.75) is 50.9 Å². The van der Waals surface area contributed by atoms with Crippen LogP contribution in [0.1, 0.15) is 58.1 Å². The summed E-state index contributed by atoms with van der Waals surface area (Å²) < 4.78 is 38.7. The van der Waals surface area contributed by atoms with Crippen molar-refractivity contribution in [3.8, 4) is 5.75 Å². The quantitative estimate of drug-likeness (QED) is 0.273. The number of hydrogen-bond donors (Lipinski definition) is 1. The van der Waals surface area contributed by atoms with Crippen LogP contribution in [0.25, 0.3) is 10.9 Å². The molecule has 2 amide bonds. The van der Waals surface area contributed by atoms with Crippen LogP contribution in [0, 0.1) is 17.6 Å². The molecule has 14 nitrogen and oxygen atoms in total. The number of fused-ring (bicyclic) bond motifs is 3. The zero-order valence-electron chi connectivity index (χ0n) is 26.8. The Labute approximate surface area is 282 Å². The van der Waals surface area contributed by atoms with E-state index in [4.69, 9.17) is 4.74 Å². The van der Waals surface area contributed by atoms with Gasteiger partial charge in [-0.1, -0.05) is 5.21 Å². The van der Waals surface area contributed by atoms with Gasteiger partial charge < -0.3 is 24.2 Å². The van der Waals surface area contributed by atoms with Gasteiger partial charge in [0, 0.05) is 31.9 Å². The number of Topliss-reactive ketones (excluding diaryl/α,β-unsaturated/α-hetero) is 1. The number of methoxy groups -OCH3 is 1. The number of carboxylic acid groups (broad SMARTS) is 1. The fourth-order valence-corrected chi connectivity index (χ4v) is 7.70. The molecule has 4 aliphatic rings. The van der Waals surface area contributed by atoms with E-state index >= 15 is 4.39 Å². The maximum atomic E-state index is 16.0. The number of amides is 2. The first-order chi connectivity index (χ1) is 24.0. The van der Waals surface area contributed by atoms with E-state index in [1.807, 2.05) is 4.90 Å². The van der Waals surface area contributed by atoms with Gasteiger partial charge in [0.15, 0.2) is 11.6 Å². The Morgan fingerprint density at radius 2 is 1.86 bits per heavy atom. The number of nitrogens with zero attached hydrogens (tertiary/aromatic N) is 7. The number of likely N-dealkylation sites (tertiary alicyclic amines) is 1. The number of carboxylic acids is 1. The summed E-state index contributed by atoms with van der Waals surface area (Å²) in [6, 6.07) is 4.31. The van der Waals surface area contributed by atoms with Gasteiger partial charge in [0.1, 0.15) is 29.3 Å². The van der Waals surface area contributed by atoms with Gasteiger partial charge in [-0.2, -0.15) is 0 Å². The molecule has 4 aromatic rings. The Hall–Kier alpha value is -5.67. The summed E-state index contributed by atoms with van der Waals surface area (Å²) in [6.45, 7) is 0.941. The Morgan fingerprint density at radius 1 is 1.06 bits per heavy atom. The normalized spacial score (nSPS) is 20.1. The lowest BCUT2D eigenvalue weighted by Crippen LogP contribution is -2.49. The van der Waals surface area contributed by atoms with Crippen LogP contribution >= 0.6 is 0 Å². The first-order valence-corrected chi connectivity index (χ1v) is 16.3. The Kier molecular flexibility index (Phi) is 7.42. The summed E-state index contributed by atoms with van der Waals surface area (Å²) in [6.07, 6.45) is 5.94. The third kappa shape index (κ3) is 5.08. The van der Waals surface area contributed by atoms with Crippen molar-refractivity contribution >= 4 is 45.8 Å². The third-order valence-electron chi connectivity index (χ3n) is 10.1. The molecule has 0 spiro atoms. The monoisotopic (exact) mass is 687 g/mol. The molecule has 2 aromatic heterocycles. The summed E-state index contributed by atoms with van der Waals surface area (Å²) in [5.74, 6) is -4.29. The smallest absolute Gasteiger partial charge is 0.341 e. The molecule has 16 heteroatoms. The number of ketones is 1. The minimum Gasteiger partial charge on any atom is -0.492 e. The van der Waals surface area contributed by atoms with Crippen LogP contribution in [0.3, 0.4) is 0 Å². The van der Waals surface area contributed by atoms with Crippen LogP contribution in [-0.2, 0) is 22.7 Å². The first kappa shape index (κ1) is 31.6. The molecule has 5 heterocycles. The lowest BCUT2D eigenvalue weighted by atomic mass is 9.92. The van der Waals surface area contributed by atoms with Crippen molar-refractivity contribution < 1.29 is 37.8 Å². The molecule has 3 aliphatic heterocycles. The summed E-state index contributed by atoms with van der Waals surface area (Å²) >= 11 is 0. The van der Waals surface area contributed by atoms with E-state index in [0.29, 0.717) is 30.8 Å². The number of ether oxygens (including phenoxy) is 1. The van der Waals surface area contributed by atoms with Gasteiger partial charge in [0.25, 0.3) is 11.7 Å². The van der Waals surface area contributed by atoms with Crippen molar-refractivity contribution in [1.82, 2.24) is 24.5 Å². The second-order valence-electron chi connectivity index (χ2n) is 13.2. The number of piperidine rings is 1. The predicted octanol–water partition coefficient (Wildman–Crippen LogP) is 2.77. The first-order valence-electron chi connectivity index (χ1n) is 16.3. The molecule has 3 fully saturated rings. The number of carbonyl (C=O) groups is 4. The number of aromatic carboxylic acids is 1. The van der Waals surface area contributed by atoms with E-state index in [1.54, 1.807) is 9.47 Å². The molecule has 258 valence electrons. The number of rotatable bonds is 8. The summed E-state index contributed by atoms with van der Waals surface area (Å²) in [5.41, 5.74) is -0.143. The van der Waals surface area contributed by atoms with Crippen LogP contribution in [-0.4, -0.2) is 85.9 Å². The van der Waals surface area contributed by atoms with Gasteiger partial charge in [0.2, 0.25) is 11.3 Å². The largest absolute Gasteiger partial charge is 0.492 e. The number of halogens is 2. The van der Waals surface area contributed by atoms with E-state index in [-0.39, 0.29) is 65.1 Å². The second kappa shape index (κ2) is 11.7. The van der Waals surface area contributed by atoms with Crippen molar-refractivity contribution in [1.29, 1.82) is 0 Å². The van der Waals surface area contributed by atoms with E-state index < -0.39 is 40.3 Å². The average Bonchev–Trinajstić information content (AvgIpc) is 3.62. The van der Waals surface area contributed by atoms with Crippen molar-refractivity contribution in [2.75, 3.05) is 36.5 Å². The summed E-state index contributed by atoms with van der Waals surface area (Å²) in [7, 11) is 1.39. The number of hydrogen-bond acceptors (Lipinski definition) is 9. The molecule has 0 unspecified atom stereocenters. The van der Waals surface area contributed by atoms with E-state index in [1.165, 1.54) is 30.3 Å². The van der Waals surface area contributed by atoms with Crippen molar-refractivity contribution in [3.63, 3.8) is 0 Å². The number of carbonyl (C=O) groups excluding carboxylic acids is 3. The van der Waals surface area contributed by atoms with E-state index in [2.05, 4.69) is 10.3 Å². The van der Waals surface area contributed by atoms with Gasteiger partial charge in [-0.3, -0.25) is 24.1 Å². The number of aromatic nitrogens is 4.